The smallest absolute Gasteiger partial charge is 0.228 e. The van der Waals surface area contributed by atoms with Gasteiger partial charge in [-0.25, -0.2) is 17.9 Å². The van der Waals surface area contributed by atoms with Crippen molar-refractivity contribution in [3.05, 3.63) is 24.0 Å². The van der Waals surface area contributed by atoms with Crippen LogP contribution in [0.25, 0.3) is 0 Å². The zero-order valence-electron chi connectivity index (χ0n) is 9.34. The number of carbonyl (C=O) groups is 1. The first-order valence-electron chi connectivity index (χ1n) is 5.16. The Morgan fingerprint density at radius 1 is 1.39 bits per heavy atom. The van der Waals surface area contributed by atoms with Crippen molar-refractivity contribution < 1.29 is 17.6 Å². The molecule has 1 amide bonds. The molecule has 1 aromatic carbocycles. The van der Waals surface area contributed by atoms with E-state index in [0.29, 0.717) is 0 Å². The number of para-hydroxylation sites is 1. The number of halogens is 1. The Morgan fingerprint density at radius 3 is 2.61 bits per heavy atom. The van der Waals surface area contributed by atoms with Crippen LogP contribution in [-0.2, 0) is 14.8 Å². The average molecular weight is 273 g/mol. The maximum Gasteiger partial charge on any atom is 0.228 e. The number of rotatable bonds is 2. The normalized spacial score (nSPS) is 20.4. The maximum absolute atomic E-state index is 13.3. The molecule has 4 N–H and O–H groups in total. The summed E-state index contributed by atoms with van der Waals surface area (Å²) in [6.07, 6.45) is -0.214. The Kier molecular flexibility index (Phi) is 2.99. The van der Waals surface area contributed by atoms with Gasteiger partial charge in [-0.05, 0) is 12.1 Å². The van der Waals surface area contributed by atoms with Gasteiger partial charge in [-0.3, -0.25) is 4.79 Å². The van der Waals surface area contributed by atoms with Gasteiger partial charge >= 0.3 is 0 Å². The summed E-state index contributed by atoms with van der Waals surface area (Å²) in [6, 6.07) is 4.02. The molecule has 98 valence electrons. The molecule has 1 aliphatic heterocycles. The summed E-state index contributed by atoms with van der Waals surface area (Å²) in [5, 5.41) is 4.02. The molecule has 0 aromatic heterocycles. The van der Waals surface area contributed by atoms with Crippen LogP contribution in [0.2, 0.25) is 0 Å². The summed E-state index contributed by atoms with van der Waals surface area (Å²) in [7, 11) is -3.80. The number of nitrogens with zero attached hydrogens (tertiary/aromatic N) is 1. The molecule has 2 rings (SSSR count). The highest BCUT2D eigenvalue weighted by Crippen LogP contribution is 2.30. The summed E-state index contributed by atoms with van der Waals surface area (Å²) in [5.41, 5.74) is 5.52. The number of hydrogen-bond acceptors (Lipinski definition) is 4. The van der Waals surface area contributed by atoms with E-state index in [1.165, 1.54) is 12.1 Å². The Balaban J connectivity index is 2.36. The fourth-order valence-corrected chi connectivity index (χ4v) is 2.62. The Labute approximate surface area is 103 Å². The third-order valence-corrected chi connectivity index (χ3v) is 4.12. The highest BCUT2D eigenvalue weighted by molar-refractivity contribution is 7.89. The molecule has 18 heavy (non-hydrogen) atoms. The van der Waals surface area contributed by atoms with E-state index in [-0.39, 0.29) is 24.3 Å². The zero-order chi connectivity index (χ0) is 13.5. The van der Waals surface area contributed by atoms with Gasteiger partial charge in [0.05, 0.1) is 11.4 Å². The molecule has 1 saturated heterocycles. The fourth-order valence-electron chi connectivity index (χ4n) is 1.89. The number of amides is 1. The lowest BCUT2D eigenvalue weighted by Gasteiger charge is -2.18. The summed E-state index contributed by atoms with van der Waals surface area (Å²) in [5.74, 6) is -1.09. The largest absolute Gasteiger partial charge is 0.395 e. The van der Waals surface area contributed by atoms with Gasteiger partial charge < -0.3 is 10.6 Å². The predicted octanol–water partition coefficient (Wildman–Crippen LogP) is -0.198. The molecule has 8 heteroatoms. The Hall–Kier alpha value is -1.67. The quantitative estimate of drug-likeness (QED) is 0.728. The van der Waals surface area contributed by atoms with Crippen LogP contribution < -0.4 is 15.8 Å². The molecule has 0 bridgehead atoms. The monoisotopic (exact) mass is 273 g/mol. The molecule has 0 aliphatic carbocycles. The van der Waals surface area contributed by atoms with Crippen molar-refractivity contribution >= 4 is 27.3 Å². The van der Waals surface area contributed by atoms with Crippen LogP contribution >= 0.6 is 0 Å². The van der Waals surface area contributed by atoms with E-state index in [2.05, 4.69) is 0 Å². The first kappa shape index (κ1) is 12.8. The first-order valence-corrected chi connectivity index (χ1v) is 6.77. The third-order valence-electron chi connectivity index (χ3n) is 2.87. The Bertz CT molecular complexity index is 602. The number of anilines is 2. The minimum absolute atomic E-state index is 0.106. The third kappa shape index (κ3) is 2.16. The number of sulfonamides is 1. The molecule has 1 aliphatic rings. The minimum Gasteiger partial charge on any atom is -0.395 e. The summed E-state index contributed by atoms with van der Waals surface area (Å²) < 4.78 is 35.7. The minimum atomic E-state index is -3.80. The molecule has 1 unspecified atom stereocenters. The number of primary sulfonamides is 1. The molecule has 1 aromatic rings. The van der Waals surface area contributed by atoms with E-state index in [0.717, 1.165) is 11.0 Å². The molecular weight excluding hydrogens is 261 g/mol. The number of carbonyl (C=O) groups excluding carboxylic acids is 1. The lowest BCUT2D eigenvalue weighted by molar-refractivity contribution is -0.117. The number of nitrogens with two attached hydrogens (primary N) is 2. The van der Waals surface area contributed by atoms with E-state index >= 15 is 0 Å². The van der Waals surface area contributed by atoms with Crippen molar-refractivity contribution in [3.63, 3.8) is 0 Å². The van der Waals surface area contributed by atoms with Crippen LogP contribution in [0.15, 0.2) is 18.2 Å². The standard InChI is InChI=1S/C10H12FN3O3S/c11-7-2-1-3-8(10(7)12)14-5-6(4-9(14)15)18(13,16)17/h1-3,6H,4-5,12H2,(H2,13,16,17). The highest BCUT2D eigenvalue weighted by atomic mass is 32.2. The molecular formula is C10H12FN3O3S. The summed E-state index contributed by atoms with van der Waals surface area (Å²) in [6.45, 7) is -0.106. The molecule has 1 atom stereocenters. The van der Waals surface area contributed by atoms with Crippen molar-refractivity contribution in [3.8, 4) is 0 Å². The van der Waals surface area contributed by atoms with E-state index in [4.69, 9.17) is 10.9 Å². The lowest BCUT2D eigenvalue weighted by Crippen LogP contribution is -2.32. The van der Waals surface area contributed by atoms with Gasteiger partial charge in [0.2, 0.25) is 15.9 Å². The molecule has 0 radical (unpaired) electrons. The number of hydrogen-bond donors (Lipinski definition) is 2. The van der Waals surface area contributed by atoms with Gasteiger partial charge in [0.15, 0.2) is 0 Å². The van der Waals surface area contributed by atoms with Crippen LogP contribution in [0.4, 0.5) is 15.8 Å². The topological polar surface area (TPSA) is 106 Å². The summed E-state index contributed by atoms with van der Waals surface area (Å²) in [4.78, 5) is 12.9. The molecule has 1 fully saturated rings. The zero-order valence-corrected chi connectivity index (χ0v) is 10.2. The van der Waals surface area contributed by atoms with Gasteiger partial charge in [-0.2, -0.15) is 0 Å². The van der Waals surface area contributed by atoms with E-state index in [9.17, 15) is 17.6 Å². The fraction of sp³-hybridized carbons (Fsp3) is 0.300. The van der Waals surface area contributed by atoms with Crippen LogP contribution in [0.1, 0.15) is 6.42 Å². The molecule has 0 spiro atoms. The maximum atomic E-state index is 13.3. The Morgan fingerprint density at radius 2 is 2.06 bits per heavy atom. The highest BCUT2D eigenvalue weighted by Gasteiger charge is 2.37. The van der Waals surface area contributed by atoms with Gasteiger partial charge in [0.25, 0.3) is 0 Å². The van der Waals surface area contributed by atoms with Crippen molar-refractivity contribution in [2.75, 3.05) is 17.2 Å². The number of benzene rings is 1. The molecule has 1 heterocycles. The SMILES string of the molecule is Nc1c(F)cccc1N1CC(S(N)(=O)=O)CC1=O. The van der Waals surface area contributed by atoms with E-state index in [1.54, 1.807) is 0 Å². The van der Waals surface area contributed by atoms with Gasteiger partial charge in [-0.15, -0.1) is 0 Å². The van der Waals surface area contributed by atoms with Crippen LogP contribution in [0.3, 0.4) is 0 Å². The van der Waals surface area contributed by atoms with E-state index in [1.807, 2.05) is 0 Å². The molecule has 6 nitrogen and oxygen atoms in total. The van der Waals surface area contributed by atoms with Crippen molar-refractivity contribution in [1.82, 2.24) is 0 Å². The van der Waals surface area contributed by atoms with Crippen LogP contribution in [0, 0.1) is 5.82 Å². The second-order valence-corrected chi connectivity index (χ2v) is 5.94. The first-order chi connectivity index (χ1) is 8.30. The van der Waals surface area contributed by atoms with Crippen LogP contribution in [-0.4, -0.2) is 26.1 Å². The van der Waals surface area contributed by atoms with Gasteiger partial charge in [-0.1, -0.05) is 6.07 Å². The predicted molar refractivity (Wildman–Crippen MR) is 64.7 cm³/mol. The van der Waals surface area contributed by atoms with Crippen molar-refractivity contribution in [2.24, 2.45) is 5.14 Å². The average Bonchev–Trinajstić information content (AvgIpc) is 2.64. The molecule has 0 saturated carbocycles. The van der Waals surface area contributed by atoms with Crippen LogP contribution in [0.5, 0.6) is 0 Å². The van der Waals surface area contributed by atoms with Gasteiger partial charge in [0.1, 0.15) is 11.1 Å². The van der Waals surface area contributed by atoms with Gasteiger partial charge in [0, 0.05) is 13.0 Å². The second-order valence-electron chi connectivity index (χ2n) is 4.09. The van der Waals surface area contributed by atoms with Crippen molar-refractivity contribution in [1.29, 1.82) is 0 Å². The van der Waals surface area contributed by atoms with Crippen molar-refractivity contribution in [2.45, 2.75) is 11.7 Å². The second kappa shape index (κ2) is 4.21. The van der Waals surface area contributed by atoms with E-state index < -0.39 is 27.0 Å². The number of nitrogen functional groups attached to an aromatic ring is 1. The lowest BCUT2D eigenvalue weighted by atomic mass is 10.2. The summed E-state index contributed by atoms with van der Waals surface area (Å²) >= 11 is 0.